The maximum absolute atomic E-state index is 14.6. The Hall–Kier alpha value is -4.13. The quantitative estimate of drug-likeness (QED) is 0.171. The molecule has 0 radical (unpaired) electrons. The van der Waals surface area contributed by atoms with Crippen LogP contribution in [0.25, 0.3) is 0 Å². The van der Waals surface area contributed by atoms with E-state index in [-0.39, 0.29) is 18.0 Å². The molecule has 0 aliphatic heterocycles. The van der Waals surface area contributed by atoms with Gasteiger partial charge in [-0.1, -0.05) is 115 Å². The molecule has 1 unspecified atom stereocenters. The van der Waals surface area contributed by atoms with Gasteiger partial charge in [-0.25, -0.2) is 0 Å². The Morgan fingerprint density at radius 1 is 0.459 bits per heavy atom. The van der Waals surface area contributed by atoms with Crippen molar-refractivity contribution in [1.29, 1.82) is 0 Å². The van der Waals surface area contributed by atoms with Crippen LogP contribution in [0.5, 0.6) is 0 Å². The van der Waals surface area contributed by atoms with Crippen LogP contribution in [0.1, 0.15) is 27.1 Å². The van der Waals surface area contributed by atoms with Crippen molar-refractivity contribution in [1.82, 2.24) is 0 Å². The first-order valence-electron chi connectivity index (χ1n) is 12.4. The molecular weight excluding hydrogens is 471 g/mol. The van der Waals surface area contributed by atoms with Crippen molar-refractivity contribution >= 4 is 34.7 Å². The molecule has 1 atom stereocenters. The SMILES string of the molecule is O=C(CC(C(=O)c1ccccc1)[P+](c1ccccc1)(c1ccccc1)c1ccccc1)c1ccccc1. The van der Waals surface area contributed by atoms with Crippen LogP contribution in [0.15, 0.2) is 152 Å². The predicted molar refractivity (Wildman–Crippen MR) is 155 cm³/mol. The van der Waals surface area contributed by atoms with Crippen LogP contribution in [-0.2, 0) is 0 Å². The van der Waals surface area contributed by atoms with Gasteiger partial charge in [0.25, 0.3) is 0 Å². The number of hydrogen-bond donors (Lipinski definition) is 0. The number of hydrogen-bond acceptors (Lipinski definition) is 2. The van der Waals surface area contributed by atoms with E-state index < -0.39 is 12.9 Å². The lowest BCUT2D eigenvalue weighted by atomic mass is 10.0. The van der Waals surface area contributed by atoms with E-state index in [4.69, 9.17) is 0 Å². The molecule has 0 fully saturated rings. The van der Waals surface area contributed by atoms with E-state index in [0.29, 0.717) is 11.1 Å². The number of rotatable bonds is 9. The van der Waals surface area contributed by atoms with Gasteiger partial charge in [-0.15, -0.1) is 0 Å². The van der Waals surface area contributed by atoms with E-state index in [1.165, 1.54) is 0 Å². The molecule has 0 heterocycles. The minimum absolute atomic E-state index is 0.00484. The summed E-state index contributed by atoms with van der Waals surface area (Å²) in [6.07, 6.45) is 0.115. The maximum atomic E-state index is 14.6. The summed E-state index contributed by atoms with van der Waals surface area (Å²) in [6, 6.07) is 49.6. The summed E-state index contributed by atoms with van der Waals surface area (Å²) in [7, 11) is -2.63. The highest BCUT2D eigenvalue weighted by molar-refractivity contribution is 7.97. The molecule has 0 bridgehead atoms. The first-order chi connectivity index (χ1) is 18.2. The van der Waals surface area contributed by atoms with Crippen LogP contribution < -0.4 is 15.9 Å². The van der Waals surface area contributed by atoms with E-state index in [0.717, 1.165) is 15.9 Å². The average Bonchev–Trinajstić information content (AvgIpc) is 2.99. The maximum Gasteiger partial charge on any atom is 0.204 e. The lowest BCUT2D eigenvalue weighted by molar-refractivity contribution is 0.0922. The van der Waals surface area contributed by atoms with Gasteiger partial charge in [0.05, 0.1) is 6.42 Å². The van der Waals surface area contributed by atoms with Gasteiger partial charge in [0.2, 0.25) is 5.78 Å². The molecule has 5 aromatic carbocycles. The van der Waals surface area contributed by atoms with Crippen molar-refractivity contribution in [2.75, 3.05) is 0 Å². The Balaban J connectivity index is 1.81. The number of carbonyl (C=O) groups excluding carboxylic acids is 2. The molecule has 2 nitrogen and oxygen atoms in total. The van der Waals surface area contributed by atoms with Crippen molar-refractivity contribution in [3.8, 4) is 0 Å². The molecule has 3 heteroatoms. The summed E-state index contributed by atoms with van der Waals surface area (Å²) in [4.78, 5) is 28.4. The summed E-state index contributed by atoms with van der Waals surface area (Å²) in [5.74, 6) is -0.0307. The zero-order valence-electron chi connectivity index (χ0n) is 20.5. The van der Waals surface area contributed by atoms with E-state index in [9.17, 15) is 9.59 Å². The van der Waals surface area contributed by atoms with Crippen molar-refractivity contribution in [3.05, 3.63) is 163 Å². The molecule has 5 aromatic rings. The molecule has 0 N–H and O–H groups in total. The number of Topliss-reactive ketones (excluding diaryl/α,β-unsaturated/α-hetero) is 2. The zero-order chi connectivity index (χ0) is 25.5. The van der Waals surface area contributed by atoms with Gasteiger partial charge in [-0.2, -0.15) is 0 Å². The third-order valence-electron chi connectivity index (χ3n) is 6.79. The van der Waals surface area contributed by atoms with Gasteiger partial charge in [-0.05, 0) is 36.4 Å². The lowest BCUT2D eigenvalue weighted by Gasteiger charge is -2.34. The summed E-state index contributed by atoms with van der Waals surface area (Å²) < 4.78 is 0. The number of benzene rings is 5. The molecule has 0 saturated carbocycles. The molecule has 5 rings (SSSR count). The molecule has 37 heavy (non-hydrogen) atoms. The second-order valence-corrected chi connectivity index (χ2v) is 12.6. The van der Waals surface area contributed by atoms with Crippen LogP contribution in [0.2, 0.25) is 0 Å². The van der Waals surface area contributed by atoms with Crippen molar-refractivity contribution in [2.24, 2.45) is 0 Å². The van der Waals surface area contributed by atoms with Crippen molar-refractivity contribution in [3.63, 3.8) is 0 Å². The van der Waals surface area contributed by atoms with Gasteiger partial charge in [0.1, 0.15) is 23.2 Å². The summed E-state index contributed by atoms with van der Waals surface area (Å²) in [5.41, 5.74) is 0.677. The highest BCUT2D eigenvalue weighted by atomic mass is 31.2. The van der Waals surface area contributed by atoms with Crippen LogP contribution in [-0.4, -0.2) is 17.2 Å². The summed E-state index contributed by atoms with van der Waals surface area (Å²) >= 11 is 0. The van der Waals surface area contributed by atoms with E-state index >= 15 is 0 Å². The Kier molecular flexibility index (Phi) is 7.49. The monoisotopic (exact) mass is 499 g/mol. The van der Waals surface area contributed by atoms with Gasteiger partial charge in [0.15, 0.2) is 11.4 Å². The normalized spacial score (nSPS) is 12.0. The van der Waals surface area contributed by atoms with E-state index in [2.05, 4.69) is 36.4 Å². The zero-order valence-corrected chi connectivity index (χ0v) is 21.4. The fourth-order valence-electron chi connectivity index (χ4n) is 5.09. The highest BCUT2D eigenvalue weighted by Gasteiger charge is 2.56. The third kappa shape index (κ3) is 4.94. The van der Waals surface area contributed by atoms with E-state index in [1.807, 2.05) is 115 Å². The first kappa shape index (κ1) is 24.6. The molecule has 0 aromatic heterocycles. The Bertz CT molecular complexity index is 1350. The minimum atomic E-state index is -2.63. The van der Waals surface area contributed by atoms with E-state index in [1.54, 1.807) is 0 Å². The fraction of sp³-hybridized carbons (Fsp3) is 0.0588. The third-order valence-corrected chi connectivity index (χ3v) is 11.5. The largest absolute Gasteiger partial charge is 0.294 e. The van der Waals surface area contributed by atoms with Crippen LogP contribution in [0.3, 0.4) is 0 Å². The Morgan fingerprint density at radius 3 is 1.16 bits per heavy atom. The van der Waals surface area contributed by atoms with Crippen molar-refractivity contribution < 1.29 is 9.59 Å². The topological polar surface area (TPSA) is 34.1 Å². The molecule has 0 aliphatic rings. The molecule has 0 amide bonds. The average molecular weight is 500 g/mol. The molecular formula is C34H28O2P+. The van der Waals surface area contributed by atoms with Gasteiger partial charge < -0.3 is 0 Å². The fourth-order valence-corrected chi connectivity index (χ4v) is 9.94. The number of ketones is 2. The molecule has 0 aliphatic carbocycles. The summed E-state index contributed by atoms with van der Waals surface area (Å²) in [5, 5.41) is 3.26. The second-order valence-electron chi connectivity index (χ2n) is 8.97. The van der Waals surface area contributed by atoms with Crippen LogP contribution in [0.4, 0.5) is 0 Å². The van der Waals surface area contributed by atoms with Gasteiger partial charge >= 0.3 is 0 Å². The Morgan fingerprint density at radius 2 is 0.784 bits per heavy atom. The lowest BCUT2D eigenvalue weighted by Crippen LogP contribution is -2.43. The molecule has 0 spiro atoms. The number of carbonyl (C=O) groups is 2. The highest BCUT2D eigenvalue weighted by Crippen LogP contribution is 2.61. The Labute approximate surface area is 219 Å². The van der Waals surface area contributed by atoms with Crippen molar-refractivity contribution in [2.45, 2.75) is 12.1 Å². The first-order valence-corrected chi connectivity index (χ1v) is 14.3. The van der Waals surface area contributed by atoms with Crippen LogP contribution >= 0.6 is 7.26 Å². The molecule has 180 valence electrons. The predicted octanol–water partition coefficient (Wildman–Crippen LogP) is 6.51. The smallest absolute Gasteiger partial charge is 0.204 e. The molecule has 0 saturated heterocycles. The van der Waals surface area contributed by atoms with Gasteiger partial charge in [-0.3, -0.25) is 9.59 Å². The summed E-state index contributed by atoms with van der Waals surface area (Å²) in [6.45, 7) is 0. The standard InChI is InChI=1S/C34H28O2P/c35-32(27-16-6-1-7-17-27)26-33(34(36)28-18-8-2-9-19-28)37(29-20-10-3-11-21-29,30-22-12-4-13-23-30)31-24-14-5-15-25-31/h1-25,33H,26H2/q+1. The second kappa shape index (κ2) is 11.3. The van der Waals surface area contributed by atoms with Gasteiger partial charge in [0, 0.05) is 11.1 Å². The minimum Gasteiger partial charge on any atom is -0.294 e. The van der Waals surface area contributed by atoms with Crippen LogP contribution in [0, 0.1) is 0 Å².